The van der Waals surface area contributed by atoms with Crippen LogP contribution in [0.25, 0.3) is 0 Å². The molecule has 91 valence electrons. The first-order valence-electron chi connectivity index (χ1n) is 4.24. The molecule has 0 aliphatic rings. The van der Waals surface area contributed by atoms with Crippen LogP contribution in [0.3, 0.4) is 0 Å². The number of aromatic nitrogens is 1. The second-order valence-corrected chi connectivity index (χ2v) is 2.97. The van der Waals surface area contributed by atoms with Gasteiger partial charge >= 0.3 is 19.5 Å². The molecule has 4 heteroatoms. The molecule has 0 fully saturated rings. The van der Waals surface area contributed by atoms with Crippen molar-refractivity contribution in [3.05, 3.63) is 36.0 Å². The molecule has 0 bridgehead atoms. The fourth-order valence-corrected chi connectivity index (χ4v) is 0.448. The van der Waals surface area contributed by atoms with E-state index in [0.29, 0.717) is 0 Å². The first kappa shape index (κ1) is 24.4. The van der Waals surface area contributed by atoms with Crippen molar-refractivity contribution in [2.45, 2.75) is 27.7 Å². The zero-order valence-corrected chi connectivity index (χ0v) is 11.8. The number of aryl methyl sites for hydroxylation is 1. The van der Waals surface area contributed by atoms with E-state index in [1.165, 1.54) is 5.92 Å². The second kappa shape index (κ2) is 23.7. The number of rotatable bonds is 0. The summed E-state index contributed by atoms with van der Waals surface area (Å²) >= 11 is 0. The standard InChI is InChI=1S/C6H7N.C4H9.2CHO.Ru/c1-6-4-2-3-5-7-6;1-4(2)3;2*1-2;/h2-5H,1H3;1-3H3;2*1H;/q;3*-1;+3. The first-order chi connectivity index (χ1) is 7.13. The van der Waals surface area contributed by atoms with Gasteiger partial charge in [0.05, 0.1) is 0 Å². The molecule has 1 aromatic heterocycles. The summed E-state index contributed by atoms with van der Waals surface area (Å²) in [7, 11) is 0. The Kier molecular flexibility index (Phi) is 36.1. The van der Waals surface area contributed by atoms with Gasteiger partial charge in [0.25, 0.3) is 0 Å². The van der Waals surface area contributed by atoms with Gasteiger partial charge in [0.1, 0.15) is 0 Å². The van der Waals surface area contributed by atoms with Crippen LogP contribution < -0.4 is 0 Å². The molecule has 0 amide bonds. The fraction of sp³-hybridized carbons (Fsp3) is 0.333. The van der Waals surface area contributed by atoms with E-state index >= 15 is 0 Å². The average Bonchev–Trinajstić information content (AvgIpc) is 2.24. The van der Waals surface area contributed by atoms with Gasteiger partial charge in [-0.15, -0.1) is 0 Å². The van der Waals surface area contributed by atoms with E-state index in [-0.39, 0.29) is 19.5 Å². The summed E-state index contributed by atoms with van der Waals surface area (Å²) in [5.41, 5.74) is 1.07. The summed E-state index contributed by atoms with van der Waals surface area (Å²) in [6.07, 6.45) is 1.79. The van der Waals surface area contributed by atoms with Gasteiger partial charge in [0.2, 0.25) is 0 Å². The molecular formula is C12H18NO2Ru. The number of pyridine rings is 1. The van der Waals surface area contributed by atoms with Crippen LogP contribution in [0.2, 0.25) is 0 Å². The van der Waals surface area contributed by atoms with Crippen molar-refractivity contribution in [2.24, 2.45) is 0 Å². The largest absolute Gasteiger partial charge is 3.00 e. The normalized spacial score (nSPS) is 6.56. The molecule has 0 saturated carbocycles. The van der Waals surface area contributed by atoms with Crippen molar-refractivity contribution in [3.8, 4) is 0 Å². The Morgan fingerprint density at radius 2 is 1.44 bits per heavy atom. The van der Waals surface area contributed by atoms with E-state index < -0.39 is 0 Å². The predicted octanol–water partition coefficient (Wildman–Crippen LogP) is 2.46. The average molecular weight is 309 g/mol. The molecule has 16 heavy (non-hydrogen) atoms. The molecule has 1 radical (unpaired) electrons. The summed E-state index contributed by atoms with van der Waals surface area (Å²) < 4.78 is 0. The molecule has 0 atom stereocenters. The summed E-state index contributed by atoms with van der Waals surface area (Å²) in [6, 6.07) is 5.86. The molecule has 0 aromatic carbocycles. The maximum atomic E-state index is 7.75. The van der Waals surface area contributed by atoms with Crippen LogP contribution in [-0.2, 0) is 29.1 Å². The van der Waals surface area contributed by atoms with Crippen LogP contribution >= 0.6 is 0 Å². The van der Waals surface area contributed by atoms with Crippen LogP contribution in [0.1, 0.15) is 26.5 Å². The minimum Gasteiger partial charge on any atom is -0.545 e. The fourth-order valence-electron chi connectivity index (χ4n) is 0.448. The zero-order valence-electron chi connectivity index (χ0n) is 10.1. The topological polar surface area (TPSA) is 47.0 Å². The molecule has 0 unspecified atom stereocenters. The smallest absolute Gasteiger partial charge is 0.545 e. The Morgan fingerprint density at radius 3 is 1.56 bits per heavy atom. The van der Waals surface area contributed by atoms with E-state index in [9.17, 15) is 0 Å². The molecule has 3 nitrogen and oxygen atoms in total. The molecule has 1 rings (SSSR count). The van der Waals surface area contributed by atoms with Crippen LogP contribution in [0.5, 0.6) is 0 Å². The first-order valence-corrected chi connectivity index (χ1v) is 4.24. The maximum Gasteiger partial charge on any atom is 3.00 e. The van der Waals surface area contributed by atoms with Crippen molar-refractivity contribution >= 4 is 13.6 Å². The number of hydrogen-bond donors (Lipinski definition) is 0. The quantitative estimate of drug-likeness (QED) is 0.420. The molecule has 0 aliphatic carbocycles. The maximum absolute atomic E-state index is 7.75. The second-order valence-electron chi connectivity index (χ2n) is 2.97. The summed E-state index contributed by atoms with van der Waals surface area (Å²) in [5, 5.41) is 0. The molecule has 0 spiro atoms. The third-order valence-electron chi connectivity index (χ3n) is 0.813. The van der Waals surface area contributed by atoms with E-state index in [1.54, 1.807) is 6.20 Å². The van der Waals surface area contributed by atoms with Gasteiger partial charge in [0, 0.05) is 11.9 Å². The van der Waals surface area contributed by atoms with Gasteiger partial charge in [-0.1, -0.05) is 6.07 Å². The Labute approximate surface area is 111 Å². The van der Waals surface area contributed by atoms with Crippen molar-refractivity contribution < 1.29 is 29.1 Å². The molecule has 0 N–H and O–H groups in total. The molecular weight excluding hydrogens is 291 g/mol. The number of hydrogen-bond acceptors (Lipinski definition) is 3. The minimum absolute atomic E-state index is 0. The summed E-state index contributed by atoms with van der Waals surface area (Å²) in [4.78, 5) is 19.5. The van der Waals surface area contributed by atoms with Crippen LogP contribution in [0, 0.1) is 12.8 Å². The third-order valence-corrected chi connectivity index (χ3v) is 0.813. The predicted molar refractivity (Wildman–Crippen MR) is 62.7 cm³/mol. The third kappa shape index (κ3) is 38.0. The Hall–Kier alpha value is -0.887. The van der Waals surface area contributed by atoms with Crippen LogP contribution in [0.4, 0.5) is 0 Å². The van der Waals surface area contributed by atoms with Gasteiger partial charge in [-0.05, 0) is 19.1 Å². The zero-order chi connectivity index (χ0) is 12.7. The van der Waals surface area contributed by atoms with Crippen molar-refractivity contribution in [1.29, 1.82) is 0 Å². The molecule has 0 aliphatic heterocycles. The Balaban J connectivity index is -0.0000000702. The van der Waals surface area contributed by atoms with Gasteiger partial charge in [-0.2, -0.15) is 20.8 Å². The molecule has 1 aromatic rings. The Morgan fingerprint density at radius 1 is 1.06 bits per heavy atom. The SMILES string of the molecule is C[C-](C)C.Cc1ccccn1.[CH-]=O.[CH-]=O.[Ru+3]. The van der Waals surface area contributed by atoms with Gasteiger partial charge in [-0.25, -0.2) is 0 Å². The molecule has 1 heterocycles. The number of nitrogens with zero attached hydrogens (tertiary/aromatic N) is 1. The van der Waals surface area contributed by atoms with Crippen LogP contribution in [0.15, 0.2) is 24.4 Å². The van der Waals surface area contributed by atoms with Gasteiger partial charge < -0.3 is 15.5 Å². The van der Waals surface area contributed by atoms with Crippen molar-refractivity contribution in [1.82, 2.24) is 4.98 Å². The van der Waals surface area contributed by atoms with Crippen LogP contribution in [-0.4, -0.2) is 18.6 Å². The number of carbonyl (C=O) groups excluding carboxylic acids is 2. The monoisotopic (exact) mass is 310 g/mol. The van der Waals surface area contributed by atoms with E-state index in [2.05, 4.69) is 39.3 Å². The summed E-state index contributed by atoms with van der Waals surface area (Å²) in [6.45, 7) is 14.7. The summed E-state index contributed by atoms with van der Waals surface area (Å²) in [5.74, 6) is 1.42. The minimum atomic E-state index is 0. The Bertz CT molecular complexity index is 201. The van der Waals surface area contributed by atoms with Crippen molar-refractivity contribution in [3.63, 3.8) is 0 Å². The van der Waals surface area contributed by atoms with Gasteiger partial charge in [0.15, 0.2) is 0 Å². The van der Waals surface area contributed by atoms with Crippen molar-refractivity contribution in [2.75, 3.05) is 0 Å². The van der Waals surface area contributed by atoms with E-state index in [0.717, 1.165) is 5.69 Å². The van der Waals surface area contributed by atoms with E-state index in [4.69, 9.17) is 9.59 Å². The van der Waals surface area contributed by atoms with E-state index in [1.807, 2.05) is 25.1 Å². The van der Waals surface area contributed by atoms with Gasteiger partial charge in [-0.3, -0.25) is 18.6 Å². The molecule has 0 saturated heterocycles.